The summed E-state index contributed by atoms with van der Waals surface area (Å²) in [5.41, 5.74) is 3.04. The molecule has 0 spiro atoms. The Bertz CT molecular complexity index is 1570. The number of fused-ring (bicyclic) bond motifs is 3. The van der Waals surface area contributed by atoms with Gasteiger partial charge in [0.2, 0.25) is 5.91 Å². The van der Waals surface area contributed by atoms with Crippen molar-refractivity contribution < 1.29 is 9.53 Å². The van der Waals surface area contributed by atoms with Crippen molar-refractivity contribution in [3.8, 4) is 17.1 Å². The lowest BCUT2D eigenvalue weighted by Gasteiger charge is -2.11. The zero-order valence-corrected chi connectivity index (χ0v) is 18.1. The summed E-state index contributed by atoms with van der Waals surface area (Å²) in [5, 5.41) is 8.04. The number of ether oxygens (including phenoxy) is 1. The van der Waals surface area contributed by atoms with Crippen molar-refractivity contribution in [2.75, 3.05) is 12.4 Å². The van der Waals surface area contributed by atoms with Gasteiger partial charge in [-0.3, -0.25) is 9.36 Å². The van der Waals surface area contributed by atoms with E-state index in [9.17, 15) is 9.59 Å². The van der Waals surface area contributed by atoms with Crippen LogP contribution in [-0.2, 0) is 11.3 Å². The highest BCUT2D eigenvalue weighted by Gasteiger charge is 2.17. The molecule has 0 aliphatic carbocycles. The molecule has 0 aliphatic rings. The Hall–Kier alpha value is -4.46. The van der Waals surface area contributed by atoms with Gasteiger partial charge in [0.15, 0.2) is 11.5 Å². The number of nitrogens with one attached hydrogen (secondary N) is 1. The van der Waals surface area contributed by atoms with Gasteiger partial charge in [-0.15, -0.1) is 5.10 Å². The van der Waals surface area contributed by atoms with Crippen molar-refractivity contribution in [3.63, 3.8) is 0 Å². The van der Waals surface area contributed by atoms with Crippen molar-refractivity contribution in [2.24, 2.45) is 0 Å². The van der Waals surface area contributed by atoms with Crippen LogP contribution >= 0.6 is 0 Å². The first-order valence-corrected chi connectivity index (χ1v) is 10.4. The highest BCUT2D eigenvalue weighted by atomic mass is 16.5. The minimum atomic E-state index is -0.440. The predicted octanol–water partition coefficient (Wildman–Crippen LogP) is 3.67. The van der Waals surface area contributed by atoms with Crippen LogP contribution in [0.1, 0.15) is 5.56 Å². The number of aryl methyl sites for hydroxylation is 1. The summed E-state index contributed by atoms with van der Waals surface area (Å²) in [5.74, 6) is 0.764. The molecule has 0 fully saturated rings. The van der Waals surface area contributed by atoms with Gasteiger partial charge in [0.25, 0.3) is 0 Å². The molecule has 0 unspecified atom stereocenters. The number of benzene rings is 3. The third kappa shape index (κ3) is 3.82. The van der Waals surface area contributed by atoms with Crippen LogP contribution in [-0.4, -0.2) is 32.2 Å². The summed E-state index contributed by atoms with van der Waals surface area (Å²) < 4.78 is 7.95. The number of rotatable bonds is 5. The Kier molecular flexibility index (Phi) is 5.10. The molecule has 5 aromatic rings. The van der Waals surface area contributed by atoms with Crippen LogP contribution in [0.3, 0.4) is 0 Å². The lowest BCUT2D eigenvalue weighted by atomic mass is 10.2. The topological polar surface area (TPSA) is 90.5 Å². The van der Waals surface area contributed by atoms with Crippen LogP contribution < -0.4 is 15.7 Å². The summed E-state index contributed by atoms with van der Waals surface area (Å²) in [6.07, 6.45) is 0. The van der Waals surface area contributed by atoms with E-state index in [-0.39, 0.29) is 12.5 Å². The van der Waals surface area contributed by atoms with Crippen LogP contribution in [0.5, 0.6) is 5.75 Å². The number of nitrogens with zero attached hydrogens (tertiary/aromatic N) is 4. The van der Waals surface area contributed by atoms with E-state index in [4.69, 9.17) is 4.74 Å². The number of hydrogen-bond acceptors (Lipinski definition) is 5. The molecule has 0 bridgehead atoms. The molecular formula is C25H21N5O3. The number of hydrogen-bond donors (Lipinski definition) is 1. The molecule has 8 heteroatoms. The average molecular weight is 439 g/mol. The lowest BCUT2D eigenvalue weighted by Crippen LogP contribution is -2.32. The van der Waals surface area contributed by atoms with Gasteiger partial charge in [-0.1, -0.05) is 36.4 Å². The van der Waals surface area contributed by atoms with Crippen molar-refractivity contribution in [3.05, 3.63) is 88.8 Å². The van der Waals surface area contributed by atoms with Crippen molar-refractivity contribution in [1.29, 1.82) is 0 Å². The molecule has 3 aromatic carbocycles. The second-order valence-electron chi connectivity index (χ2n) is 7.71. The van der Waals surface area contributed by atoms with Crippen LogP contribution in [0.2, 0.25) is 0 Å². The minimum Gasteiger partial charge on any atom is -0.497 e. The van der Waals surface area contributed by atoms with Gasteiger partial charge in [0.1, 0.15) is 12.3 Å². The van der Waals surface area contributed by atoms with Crippen molar-refractivity contribution in [2.45, 2.75) is 13.5 Å². The summed E-state index contributed by atoms with van der Waals surface area (Å²) in [6.45, 7) is 1.80. The van der Waals surface area contributed by atoms with E-state index < -0.39 is 5.69 Å². The first kappa shape index (κ1) is 20.4. The van der Waals surface area contributed by atoms with Crippen LogP contribution in [0.25, 0.3) is 27.9 Å². The summed E-state index contributed by atoms with van der Waals surface area (Å²) in [7, 11) is 1.59. The largest absolute Gasteiger partial charge is 0.497 e. The number of amides is 1. The monoisotopic (exact) mass is 439 g/mol. The SMILES string of the molecule is COc1cccc(-c2nc3c4ccccc4n(CC(=O)Nc4cccc(C)c4)c(=O)n3n2)c1. The van der Waals surface area contributed by atoms with Gasteiger partial charge in [0.05, 0.1) is 12.6 Å². The molecular weight excluding hydrogens is 418 g/mol. The standard InChI is InChI=1S/C25H21N5O3/c1-16-7-5-9-18(13-16)26-22(31)15-29-21-12-4-3-11-20(21)24-27-23(28-30(24)25(29)32)17-8-6-10-19(14-17)33-2/h3-14H,15H2,1-2H3,(H,26,31). The van der Waals surface area contributed by atoms with E-state index in [1.807, 2.05) is 73.7 Å². The van der Waals surface area contributed by atoms with Gasteiger partial charge < -0.3 is 10.1 Å². The highest BCUT2D eigenvalue weighted by molar-refractivity contribution is 5.95. The van der Waals surface area contributed by atoms with Gasteiger partial charge in [-0.2, -0.15) is 4.52 Å². The Morgan fingerprint density at radius 2 is 1.85 bits per heavy atom. The maximum atomic E-state index is 13.4. The molecule has 164 valence electrons. The molecule has 33 heavy (non-hydrogen) atoms. The number of para-hydroxylation sites is 1. The third-order valence-electron chi connectivity index (χ3n) is 5.39. The van der Waals surface area contributed by atoms with E-state index >= 15 is 0 Å². The van der Waals surface area contributed by atoms with Crippen molar-refractivity contribution >= 4 is 28.1 Å². The number of anilines is 1. The fourth-order valence-electron chi connectivity index (χ4n) is 3.84. The van der Waals surface area contributed by atoms with E-state index in [2.05, 4.69) is 15.4 Å². The number of carbonyl (C=O) groups is 1. The Morgan fingerprint density at radius 1 is 1.03 bits per heavy atom. The normalized spacial score (nSPS) is 11.1. The molecule has 0 atom stereocenters. The summed E-state index contributed by atoms with van der Waals surface area (Å²) >= 11 is 0. The van der Waals surface area contributed by atoms with Gasteiger partial charge in [0, 0.05) is 16.6 Å². The van der Waals surface area contributed by atoms with E-state index in [1.54, 1.807) is 13.2 Å². The third-order valence-corrected chi connectivity index (χ3v) is 5.39. The van der Waals surface area contributed by atoms with Gasteiger partial charge in [-0.25, -0.2) is 9.78 Å². The molecule has 2 aromatic heterocycles. The second kappa shape index (κ2) is 8.23. The molecule has 2 heterocycles. The van der Waals surface area contributed by atoms with Crippen LogP contribution in [0.15, 0.2) is 77.6 Å². The molecule has 8 nitrogen and oxygen atoms in total. The maximum absolute atomic E-state index is 13.4. The fraction of sp³-hybridized carbons (Fsp3) is 0.120. The second-order valence-corrected chi connectivity index (χ2v) is 7.71. The first-order chi connectivity index (χ1) is 16.0. The molecule has 1 amide bonds. The smallest absolute Gasteiger partial charge is 0.351 e. The van der Waals surface area contributed by atoms with Crippen LogP contribution in [0, 0.1) is 6.92 Å². The zero-order chi connectivity index (χ0) is 22.9. The van der Waals surface area contributed by atoms with Gasteiger partial charge >= 0.3 is 5.69 Å². The fourth-order valence-corrected chi connectivity index (χ4v) is 3.84. The van der Waals surface area contributed by atoms with E-state index in [0.717, 1.165) is 16.5 Å². The summed E-state index contributed by atoms with van der Waals surface area (Å²) in [4.78, 5) is 30.8. The molecule has 0 saturated carbocycles. The Morgan fingerprint density at radius 3 is 2.67 bits per heavy atom. The Labute approximate surface area is 189 Å². The Balaban J connectivity index is 1.60. The molecule has 1 N–H and O–H groups in total. The predicted molar refractivity (Wildman–Crippen MR) is 127 cm³/mol. The maximum Gasteiger partial charge on any atom is 0.351 e. The molecule has 0 radical (unpaired) electrons. The highest BCUT2D eigenvalue weighted by Crippen LogP contribution is 2.24. The number of aromatic nitrogens is 4. The lowest BCUT2D eigenvalue weighted by molar-refractivity contribution is -0.116. The molecule has 5 rings (SSSR count). The molecule has 0 saturated heterocycles. The zero-order valence-electron chi connectivity index (χ0n) is 18.1. The summed E-state index contributed by atoms with van der Waals surface area (Å²) in [6, 6.07) is 22.2. The molecule has 0 aliphatic heterocycles. The minimum absolute atomic E-state index is 0.155. The van der Waals surface area contributed by atoms with E-state index in [0.29, 0.717) is 28.4 Å². The first-order valence-electron chi connectivity index (χ1n) is 10.4. The number of carbonyl (C=O) groups excluding carboxylic acids is 1. The quantitative estimate of drug-likeness (QED) is 0.451. The van der Waals surface area contributed by atoms with Crippen LogP contribution in [0.4, 0.5) is 5.69 Å². The average Bonchev–Trinajstić information content (AvgIpc) is 3.28. The number of methoxy groups -OCH3 is 1. The van der Waals surface area contributed by atoms with E-state index in [1.165, 1.54) is 9.08 Å². The van der Waals surface area contributed by atoms with Crippen molar-refractivity contribution in [1.82, 2.24) is 19.2 Å². The van der Waals surface area contributed by atoms with Gasteiger partial charge in [-0.05, 0) is 48.9 Å².